The van der Waals surface area contributed by atoms with Crippen LogP contribution in [-0.4, -0.2) is 66.2 Å². The predicted molar refractivity (Wildman–Crippen MR) is 158 cm³/mol. The number of nitrogens with two attached hydrogens (primary N) is 1. The highest BCUT2D eigenvalue weighted by Crippen LogP contribution is 2.21. The predicted octanol–water partition coefficient (Wildman–Crippen LogP) is 4.91. The van der Waals surface area contributed by atoms with E-state index in [9.17, 15) is 19.2 Å². The Kier molecular flexibility index (Phi) is 13.5. The minimum Gasteiger partial charge on any atom is -0.369 e. The zero-order valence-corrected chi connectivity index (χ0v) is 24.5. The van der Waals surface area contributed by atoms with Crippen LogP contribution >= 0.6 is 0 Å². The number of unbranched alkanes of at least 4 members (excludes halogenated alkanes) is 11. The Labute approximate surface area is 240 Å². The van der Waals surface area contributed by atoms with E-state index in [0.29, 0.717) is 56.7 Å². The van der Waals surface area contributed by atoms with Crippen LogP contribution in [0.15, 0.2) is 24.3 Å². The second-order valence-corrected chi connectivity index (χ2v) is 11.6. The quantitative estimate of drug-likeness (QED) is 0.266. The number of hydrogen-bond donors (Lipinski definition) is 2. The Balaban J connectivity index is 1.28. The monoisotopic (exact) mass is 554 g/mol. The first-order chi connectivity index (χ1) is 19.4. The molecule has 0 radical (unpaired) electrons. The number of nitrogens with one attached hydrogen (secondary N) is 1. The van der Waals surface area contributed by atoms with Gasteiger partial charge in [0, 0.05) is 43.9 Å². The maximum absolute atomic E-state index is 13.0. The molecule has 1 aromatic carbocycles. The van der Waals surface area contributed by atoms with Crippen LogP contribution in [0.2, 0.25) is 0 Å². The third kappa shape index (κ3) is 9.93. The van der Waals surface area contributed by atoms with Gasteiger partial charge >= 0.3 is 0 Å². The fraction of sp³-hybridized carbons (Fsp3) is 0.688. The standard InChI is InChI=1S/C32H50N4O4/c1-2-3-4-5-6-7-8-9-10-11-12-13-20-34-30(38)28-19-22-36(24-28)32(40)26-16-14-25(15-17-26)31(39)35-21-18-27(23-35)29(33)37/h14-17,27-28H,2-13,18-24H2,1H3,(H2,33,37)(H,34,38)/t27-,28-/m0/s1. The summed E-state index contributed by atoms with van der Waals surface area (Å²) in [4.78, 5) is 53.1. The first kappa shape index (κ1) is 31.6. The van der Waals surface area contributed by atoms with Gasteiger partial charge in [-0.05, 0) is 43.5 Å². The van der Waals surface area contributed by atoms with Crippen molar-refractivity contribution in [1.82, 2.24) is 15.1 Å². The molecule has 1 aromatic rings. The van der Waals surface area contributed by atoms with Crippen LogP contribution < -0.4 is 11.1 Å². The Bertz CT molecular complexity index is 964. The summed E-state index contributed by atoms with van der Waals surface area (Å²) in [5, 5.41) is 3.07. The van der Waals surface area contributed by atoms with E-state index in [4.69, 9.17) is 5.73 Å². The zero-order valence-electron chi connectivity index (χ0n) is 24.5. The SMILES string of the molecule is CCCCCCCCCCCCCCNC(=O)[C@H]1CCN(C(=O)c2ccc(C(=O)N3CC[C@H](C(N)=O)C3)cc2)C1. The summed E-state index contributed by atoms with van der Waals surface area (Å²) in [7, 11) is 0. The summed E-state index contributed by atoms with van der Waals surface area (Å²) in [5.74, 6) is -1.08. The van der Waals surface area contributed by atoms with Gasteiger partial charge in [0.05, 0.1) is 11.8 Å². The lowest BCUT2D eigenvalue weighted by Gasteiger charge is -2.18. The summed E-state index contributed by atoms with van der Waals surface area (Å²) < 4.78 is 0. The van der Waals surface area contributed by atoms with Crippen molar-refractivity contribution in [2.45, 2.75) is 96.8 Å². The molecule has 2 saturated heterocycles. The summed E-state index contributed by atoms with van der Waals surface area (Å²) in [6.07, 6.45) is 16.8. The van der Waals surface area contributed by atoms with Crippen molar-refractivity contribution >= 4 is 23.6 Å². The normalized spacial score (nSPS) is 18.7. The maximum atomic E-state index is 13.0. The van der Waals surface area contributed by atoms with Gasteiger partial charge in [0.25, 0.3) is 11.8 Å². The van der Waals surface area contributed by atoms with E-state index in [0.717, 1.165) is 12.8 Å². The number of amides is 4. The van der Waals surface area contributed by atoms with E-state index >= 15 is 0 Å². The summed E-state index contributed by atoms with van der Waals surface area (Å²) in [6.45, 7) is 4.78. The smallest absolute Gasteiger partial charge is 0.253 e. The lowest BCUT2D eigenvalue weighted by molar-refractivity contribution is -0.124. The van der Waals surface area contributed by atoms with Crippen molar-refractivity contribution < 1.29 is 19.2 Å². The second kappa shape index (κ2) is 17.0. The Morgan fingerprint density at radius 1 is 0.700 bits per heavy atom. The molecule has 0 unspecified atom stereocenters. The average Bonchev–Trinajstić information content (AvgIpc) is 3.66. The number of carbonyl (C=O) groups is 4. The molecular formula is C32H50N4O4. The molecule has 222 valence electrons. The van der Waals surface area contributed by atoms with Crippen molar-refractivity contribution in [2.24, 2.45) is 17.6 Å². The van der Waals surface area contributed by atoms with Crippen molar-refractivity contribution in [2.75, 3.05) is 32.7 Å². The summed E-state index contributed by atoms with van der Waals surface area (Å²) in [5.41, 5.74) is 6.36. The molecule has 0 aliphatic carbocycles. The van der Waals surface area contributed by atoms with Crippen molar-refractivity contribution in [3.05, 3.63) is 35.4 Å². The number of primary amides is 1. The molecule has 2 atom stereocenters. The van der Waals surface area contributed by atoms with Gasteiger partial charge in [-0.15, -0.1) is 0 Å². The highest BCUT2D eigenvalue weighted by molar-refractivity contribution is 5.98. The molecule has 2 fully saturated rings. The topological polar surface area (TPSA) is 113 Å². The number of likely N-dealkylation sites (tertiary alicyclic amines) is 2. The van der Waals surface area contributed by atoms with Gasteiger partial charge in [-0.2, -0.15) is 0 Å². The second-order valence-electron chi connectivity index (χ2n) is 11.6. The van der Waals surface area contributed by atoms with E-state index in [1.54, 1.807) is 34.1 Å². The molecule has 3 rings (SSSR count). The molecule has 0 bridgehead atoms. The van der Waals surface area contributed by atoms with E-state index in [2.05, 4.69) is 12.2 Å². The Morgan fingerprint density at radius 2 is 1.12 bits per heavy atom. The number of rotatable bonds is 17. The van der Waals surface area contributed by atoms with Gasteiger partial charge in [-0.1, -0.05) is 77.6 Å². The first-order valence-corrected chi connectivity index (χ1v) is 15.7. The Hall–Kier alpha value is -2.90. The molecule has 3 N–H and O–H groups in total. The van der Waals surface area contributed by atoms with Gasteiger partial charge in [-0.25, -0.2) is 0 Å². The van der Waals surface area contributed by atoms with Crippen LogP contribution in [0.25, 0.3) is 0 Å². The molecule has 0 saturated carbocycles. The molecule has 0 spiro atoms. The number of nitrogens with zero attached hydrogens (tertiary/aromatic N) is 2. The zero-order chi connectivity index (χ0) is 28.7. The molecule has 4 amide bonds. The van der Waals surface area contributed by atoms with Crippen molar-refractivity contribution in [3.63, 3.8) is 0 Å². The van der Waals surface area contributed by atoms with Crippen molar-refractivity contribution in [1.29, 1.82) is 0 Å². The van der Waals surface area contributed by atoms with E-state index in [1.807, 2.05) is 0 Å². The largest absolute Gasteiger partial charge is 0.369 e. The van der Waals surface area contributed by atoms with Gasteiger partial charge < -0.3 is 20.9 Å². The molecular weight excluding hydrogens is 504 g/mol. The molecule has 0 aromatic heterocycles. The van der Waals surface area contributed by atoms with E-state index < -0.39 is 0 Å². The molecule has 2 aliphatic rings. The number of carbonyl (C=O) groups excluding carboxylic acids is 4. The highest BCUT2D eigenvalue weighted by atomic mass is 16.2. The van der Waals surface area contributed by atoms with Gasteiger partial charge in [0.1, 0.15) is 0 Å². The van der Waals surface area contributed by atoms with Crippen LogP contribution in [0.4, 0.5) is 0 Å². The Morgan fingerprint density at radius 3 is 1.57 bits per heavy atom. The molecule has 8 heteroatoms. The van der Waals surface area contributed by atoms with E-state index in [-0.39, 0.29) is 35.5 Å². The van der Waals surface area contributed by atoms with Crippen LogP contribution in [0.5, 0.6) is 0 Å². The summed E-state index contributed by atoms with van der Waals surface area (Å²) >= 11 is 0. The van der Waals surface area contributed by atoms with Gasteiger partial charge in [0.15, 0.2) is 0 Å². The molecule has 2 heterocycles. The fourth-order valence-corrected chi connectivity index (χ4v) is 5.78. The van der Waals surface area contributed by atoms with Gasteiger partial charge in [0.2, 0.25) is 11.8 Å². The first-order valence-electron chi connectivity index (χ1n) is 15.7. The van der Waals surface area contributed by atoms with Gasteiger partial charge in [-0.3, -0.25) is 19.2 Å². The fourth-order valence-electron chi connectivity index (χ4n) is 5.78. The number of hydrogen-bond acceptors (Lipinski definition) is 4. The lowest BCUT2D eigenvalue weighted by atomic mass is 10.1. The van der Waals surface area contributed by atoms with Crippen LogP contribution in [0.1, 0.15) is 118 Å². The molecule has 2 aliphatic heterocycles. The summed E-state index contributed by atoms with van der Waals surface area (Å²) in [6, 6.07) is 6.64. The minimum atomic E-state index is -0.377. The maximum Gasteiger partial charge on any atom is 0.253 e. The van der Waals surface area contributed by atoms with Crippen LogP contribution in [-0.2, 0) is 9.59 Å². The van der Waals surface area contributed by atoms with E-state index in [1.165, 1.54) is 64.2 Å². The van der Waals surface area contributed by atoms with Crippen molar-refractivity contribution in [3.8, 4) is 0 Å². The van der Waals surface area contributed by atoms with Crippen LogP contribution in [0.3, 0.4) is 0 Å². The number of benzene rings is 1. The molecule has 40 heavy (non-hydrogen) atoms. The minimum absolute atomic E-state index is 0.0409. The third-order valence-electron chi connectivity index (χ3n) is 8.43. The van der Waals surface area contributed by atoms with Crippen LogP contribution in [0, 0.1) is 11.8 Å². The average molecular weight is 555 g/mol. The molecule has 8 nitrogen and oxygen atoms in total. The third-order valence-corrected chi connectivity index (χ3v) is 8.43. The lowest BCUT2D eigenvalue weighted by Crippen LogP contribution is -2.35. The highest BCUT2D eigenvalue weighted by Gasteiger charge is 2.32.